The second-order valence-corrected chi connectivity index (χ2v) is 8.54. The van der Waals surface area contributed by atoms with Gasteiger partial charge in [-0.05, 0) is 11.1 Å². The van der Waals surface area contributed by atoms with E-state index >= 15 is 0 Å². The Labute approximate surface area is 109 Å². The lowest BCUT2D eigenvalue weighted by Crippen LogP contribution is -2.01. The highest BCUT2D eigenvalue weighted by Gasteiger charge is 2.08. The maximum atomic E-state index is 11.6. The maximum Gasteiger partial charge on any atom is 0.190 e. The molecule has 0 spiro atoms. The third-order valence-electron chi connectivity index (χ3n) is 2.35. The third kappa shape index (κ3) is 3.52. The standard InChI is InChI=1S/C14H13O2PS/c1-18(15,16)17-14(12-8-4-2-5-9-12)13-10-6-3-7-11-13/h2-11H,1H3. The minimum absolute atomic E-state index is 0.337. The van der Waals surface area contributed by atoms with E-state index in [-0.39, 0.29) is 0 Å². The first kappa shape index (κ1) is 13.0. The molecule has 2 nitrogen and oxygen atoms in total. The predicted octanol–water partition coefficient (Wildman–Crippen LogP) is 3.16. The van der Waals surface area contributed by atoms with Crippen molar-refractivity contribution in [3.05, 3.63) is 71.8 Å². The summed E-state index contributed by atoms with van der Waals surface area (Å²) in [6, 6.07) is 19.2. The van der Waals surface area contributed by atoms with Gasteiger partial charge in [0, 0.05) is 19.0 Å². The van der Waals surface area contributed by atoms with Gasteiger partial charge in [0.2, 0.25) is 0 Å². The lowest BCUT2D eigenvalue weighted by Gasteiger charge is -2.06. The lowest BCUT2D eigenvalue weighted by molar-refractivity contribution is 0.615. The van der Waals surface area contributed by atoms with E-state index in [2.05, 4.69) is 0 Å². The molecule has 2 aromatic rings. The maximum absolute atomic E-state index is 11.6. The molecule has 4 heteroatoms. The van der Waals surface area contributed by atoms with Crippen LogP contribution >= 0.6 is 7.41 Å². The van der Waals surface area contributed by atoms with Crippen molar-refractivity contribution < 1.29 is 8.42 Å². The zero-order valence-electron chi connectivity index (χ0n) is 9.95. The molecule has 0 heterocycles. The van der Waals surface area contributed by atoms with Crippen LogP contribution in [0.1, 0.15) is 11.1 Å². The van der Waals surface area contributed by atoms with Gasteiger partial charge in [0.1, 0.15) is 0 Å². The van der Waals surface area contributed by atoms with Crippen LogP contribution in [0.25, 0.3) is 0 Å². The highest BCUT2D eigenvalue weighted by molar-refractivity contribution is 8.42. The van der Waals surface area contributed by atoms with Gasteiger partial charge in [-0.1, -0.05) is 60.7 Å². The summed E-state index contributed by atoms with van der Waals surface area (Å²) in [5.74, 6) is 0. The summed E-state index contributed by atoms with van der Waals surface area (Å²) < 4.78 is 23.1. The van der Waals surface area contributed by atoms with Crippen LogP contribution in [0.3, 0.4) is 0 Å². The Morgan fingerprint density at radius 3 is 1.56 bits per heavy atom. The minimum Gasteiger partial charge on any atom is -0.220 e. The van der Waals surface area contributed by atoms with Crippen molar-refractivity contribution in [1.82, 2.24) is 0 Å². The largest absolute Gasteiger partial charge is 0.220 e. The number of benzene rings is 2. The van der Waals surface area contributed by atoms with Gasteiger partial charge < -0.3 is 0 Å². The van der Waals surface area contributed by atoms with Crippen LogP contribution in [0.2, 0.25) is 0 Å². The normalized spacial score (nSPS) is 11.4. The molecule has 0 bridgehead atoms. The molecular formula is C14H13O2PS. The van der Waals surface area contributed by atoms with Gasteiger partial charge in [0.05, 0.1) is 0 Å². The van der Waals surface area contributed by atoms with Crippen LogP contribution in [0, 0.1) is 0 Å². The molecule has 92 valence electrons. The first-order valence-corrected chi connectivity index (χ1v) is 8.86. The summed E-state index contributed by atoms with van der Waals surface area (Å²) in [6.45, 7) is 0. The summed E-state index contributed by atoms with van der Waals surface area (Å²) in [4.78, 5) is 0. The molecule has 18 heavy (non-hydrogen) atoms. The molecular weight excluding hydrogens is 263 g/mol. The first-order chi connectivity index (χ1) is 8.56. The molecule has 0 radical (unpaired) electrons. The number of rotatable bonds is 3. The van der Waals surface area contributed by atoms with E-state index in [1.807, 2.05) is 60.7 Å². The molecule has 0 aromatic heterocycles. The van der Waals surface area contributed by atoms with Gasteiger partial charge in [-0.2, -0.15) is 0 Å². The first-order valence-electron chi connectivity index (χ1n) is 5.47. The number of hydrogen-bond donors (Lipinski definition) is 0. The second-order valence-electron chi connectivity index (χ2n) is 3.90. The fourth-order valence-electron chi connectivity index (χ4n) is 1.63. The average Bonchev–Trinajstić information content (AvgIpc) is 2.37. The van der Waals surface area contributed by atoms with Crippen molar-refractivity contribution in [3.63, 3.8) is 0 Å². The van der Waals surface area contributed by atoms with E-state index < -0.39 is 9.46 Å². The van der Waals surface area contributed by atoms with Crippen LogP contribution in [0.5, 0.6) is 0 Å². The number of hydrogen-bond acceptors (Lipinski definition) is 2. The zero-order chi connectivity index (χ0) is 13.0. The van der Waals surface area contributed by atoms with Crippen molar-refractivity contribution in [1.29, 1.82) is 0 Å². The van der Waals surface area contributed by atoms with Crippen LogP contribution in [0.15, 0.2) is 60.7 Å². The third-order valence-corrected chi connectivity index (χ3v) is 4.92. The highest BCUT2D eigenvalue weighted by Crippen LogP contribution is 2.21. The minimum atomic E-state index is -3.08. The van der Waals surface area contributed by atoms with Crippen LogP contribution < -0.4 is 0 Å². The average molecular weight is 276 g/mol. The van der Waals surface area contributed by atoms with Gasteiger partial charge in [-0.3, -0.25) is 0 Å². The lowest BCUT2D eigenvalue weighted by atomic mass is 10.1. The quantitative estimate of drug-likeness (QED) is 0.807. The second kappa shape index (κ2) is 5.47. The molecule has 2 aromatic carbocycles. The van der Waals surface area contributed by atoms with Crippen molar-refractivity contribution in [2.45, 2.75) is 0 Å². The van der Waals surface area contributed by atoms with E-state index in [0.29, 0.717) is 7.41 Å². The highest BCUT2D eigenvalue weighted by atomic mass is 32.7. The SMILES string of the molecule is CS(=O)(=O)P=C(c1ccccc1)c1ccccc1. The van der Waals surface area contributed by atoms with Crippen molar-refractivity contribution >= 4 is 22.2 Å². The topological polar surface area (TPSA) is 34.1 Å². The fraction of sp³-hybridized carbons (Fsp3) is 0.0714. The zero-order valence-corrected chi connectivity index (χ0v) is 11.7. The Morgan fingerprint density at radius 1 is 0.833 bits per heavy atom. The Morgan fingerprint density at radius 2 is 1.22 bits per heavy atom. The Bertz CT molecular complexity index is 605. The monoisotopic (exact) mass is 276 g/mol. The van der Waals surface area contributed by atoms with Gasteiger partial charge in [0.25, 0.3) is 0 Å². The molecule has 0 atom stereocenters. The molecule has 0 aliphatic rings. The molecule has 2 rings (SSSR count). The van der Waals surface area contributed by atoms with Crippen molar-refractivity contribution in [3.8, 4) is 0 Å². The van der Waals surface area contributed by atoms with Crippen LogP contribution in [-0.2, 0) is 9.46 Å². The van der Waals surface area contributed by atoms with Gasteiger partial charge >= 0.3 is 0 Å². The van der Waals surface area contributed by atoms with E-state index in [4.69, 9.17) is 0 Å². The molecule has 0 saturated heterocycles. The summed E-state index contributed by atoms with van der Waals surface area (Å²) in [5.41, 5.74) is 1.88. The Balaban J connectivity index is 2.60. The summed E-state index contributed by atoms with van der Waals surface area (Å²) in [7, 11) is -2.75. The molecule has 0 aliphatic heterocycles. The molecule has 0 aliphatic carbocycles. The molecule has 0 unspecified atom stereocenters. The summed E-state index contributed by atoms with van der Waals surface area (Å²) in [6.07, 6.45) is 1.25. The van der Waals surface area contributed by atoms with E-state index in [1.165, 1.54) is 6.26 Å². The summed E-state index contributed by atoms with van der Waals surface area (Å²) in [5, 5.41) is 0.818. The smallest absolute Gasteiger partial charge is 0.190 e. The van der Waals surface area contributed by atoms with Crippen LogP contribution in [-0.4, -0.2) is 20.0 Å². The Kier molecular flexibility index (Phi) is 3.95. The van der Waals surface area contributed by atoms with Crippen LogP contribution in [0.4, 0.5) is 0 Å². The van der Waals surface area contributed by atoms with Crippen molar-refractivity contribution in [2.24, 2.45) is 0 Å². The Hall–Kier alpha value is -1.44. The van der Waals surface area contributed by atoms with Crippen molar-refractivity contribution in [2.75, 3.05) is 6.26 Å². The predicted molar refractivity (Wildman–Crippen MR) is 77.9 cm³/mol. The molecule has 0 saturated carbocycles. The van der Waals surface area contributed by atoms with E-state index in [9.17, 15) is 8.42 Å². The molecule has 0 N–H and O–H groups in total. The molecule has 0 amide bonds. The molecule has 0 fully saturated rings. The van der Waals surface area contributed by atoms with E-state index in [0.717, 1.165) is 16.4 Å². The fourth-order valence-corrected chi connectivity index (χ4v) is 4.10. The van der Waals surface area contributed by atoms with Gasteiger partial charge in [-0.15, -0.1) is 0 Å². The van der Waals surface area contributed by atoms with E-state index in [1.54, 1.807) is 0 Å². The summed E-state index contributed by atoms with van der Waals surface area (Å²) >= 11 is 0. The van der Waals surface area contributed by atoms with Gasteiger partial charge in [-0.25, -0.2) is 8.42 Å². The van der Waals surface area contributed by atoms with Gasteiger partial charge in [0.15, 0.2) is 9.46 Å².